The highest BCUT2D eigenvalue weighted by Gasteiger charge is 2.15. The third-order valence-electron chi connectivity index (χ3n) is 5.56. The average Bonchev–Trinajstić information content (AvgIpc) is 3.52. The number of aryl methyl sites for hydroxylation is 2. The maximum atomic E-state index is 12.6. The molecule has 0 aliphatic heterocycles. The van der Waals surface area contributed by atoms with Crippen LogP contribution in [0, 0.1) is 0 Å². The number of amides is 1. The van der Waals surface area contributed by atoms with E-state index in [-0.39, 0.29) is 5.91 Å². The average molecular weight is 491 g/mol. The minimum Gasteiger partial charge on any atom is -0.325 e. The van der Waals surface area contributed by atoms with E-state index in [0.29, 0.717) is 5.75 Å². The summed E-state index contributed by atoms with van der Waals surface area (Å²) in [7, 11) is 0. The first-order valence-electron chi connectivity index (χ1n) is 11.7. The largest absolute Gasteiger partial charge is 0.325 e. The quantitative estimate of drug-likeness (QED) is 0.239. The van der Waals surface area contributed by atoms with E-state index in [1.807, 2.05) is 18.2 Å². The standard InChI is InChI=1S/C27H30N4OS2/c1-2-3-8-22-12-14-23(15-13-22)28-26(32)20-34-27-30-29-25(19-24-11-7-18-33-24)31(27)17-16-21-9-5-4-6-10-21/h4-7,9-15,18H,2-3,8,16-17,19-20H2,1H3,(H,28,32). The lowest BCUT2D eigenvalue weighted by atomic mass is 10.1. The van der Waals surface area contributed by atoms with Gasteiger partial charge in [0.05, 0.1) is 5.75 Å². The Bertz CT molecular complexity index is 1160. The van der Waals surface area contributed by atoms with Gasteiger partial charge in [0.1, 0.15) is 5.82 Å². The second kappa shape index (κ2) is 12.5. The number of thiophene rings is 1. The number of nitrogens with zero attached hydrogens (tertiary/aromatic N) is 3. The Labute approximate surface area is 209 Å². The number of aromatic nitrogens is 3. The van der Waals surface area contributed by atoms with E-state index < -0.39 is 0 Å². The number of benzene rings is 2. The zero-order valence-corrected chi connectivity index (χ0v) is 21.1. The molecule has 0 bridgehead atoms. The van der Waals surface area contributed by atoms with Crippen molar-refractivity contribution in [2.24, 2.45) is 0 Å². The zero-order chi connectivity index (χ0) is 23.6. The molecular formula is C27H30N4OS2. The van der Waals surface area contributed by atoms with Crippen LogP contribution in [0.4, 0.5) is 5.69 Å². The summed E-state index contributed by atoms with van der Waals surface area (Å²) in [6.45, 7) is 2.97. The molecule has 0 radical (unpaired) electrons. The van der Waals surface area contributed by atoms with E-state index in [1.165, 1.54) is 40.6 Å². The van der Waals surface area contributed by atoms with Crippen LogP contribution in [0.25, 0.3) is 0 Å². The molecule has 176 valence electrons. The molecule has 2 aromatic carbocycles. The van der Waals surface area contributed by atoms with E-state index in [9.17, 15) is 4.79 Å². The number of carbonyl (C=O) groups is 1. The first kappa shape index (κ1) is 24.2. The van der Waals surface area contributed by atoms with Gasteiger partial charge in [0.15, 0.2) is 5.16 Å². The number of anilines is 1. The molecule has 0 saturated heterocycles. The minimum absolute atomic E-state index is 0.0382. The summed E-state index contributed by atoms with van der Waals surface area (Å²) < 4.78 is 2.16. The second-order valence-corrected chi connectivity index (χ2v) is 10.2. The number of hydrogen-bond donors (Lipinski definition) is 1. The number of rotatable bonds is 12. The monoisotopic (exact) mass is 490 g/mol. The maximum Gasteiger partial charge on any atom is 0.234 e. The maximum absolute atomic E-state index is 12.6. The predicted octanol–water partition coefficient (Wildman–Crippen LogP) is 6.25. The van der Waals surface area contributed by atoms with Crippen molar-refractivity contribution in [3.8, 4) is 0 Å². The Kier molecular flexibility index (Phi) is 8.93. The molecule has 1 N–H and O–H groups in total. The molecule has 2 aromatic heterocycles. The Morgan fingerprint density at radius 1 is 0.971 bits per heavy atom. The van der Waals surface area contributed by atoms with Gasteiger partial charge in [-0.15, -0.1) is 21.5 Å². The van der Waals surface area contributed by atoms with Gasteiger partial charge < -0.3 is 9.88 Å². The van der Waals surface area contributed by atoms with Gasteiger partial charge in [0.25, 0.3) is 0 Å². The van der Waals surface area contributed by atoms with Crippen LogP contribution in [0.1, 0.15) is 41.6 Å². The van der Waals surface area contributed by atoms with Crippen molar-refractivity contribution in [1.29, 1.82) is 0 Å². The van der Waals surface area contributed by atoms with E-state index in [0.717, 1.165) is 42.5 Å². The summed E-state index contributed by atoms with van der Waals surface area (Å²) in [5.74, 6) is 1.19. The summed E-state index contributed by atoms with van der Waals surface area (Å²) in [6.07, 6.45) is 5.08. The SMILES string of the molecule is CCCCc1ccc(NC(=O)CSc2nnc(Cc3cccs3)n2CCc2ccccc2)cc1. The van der Waals surface area contributed by atoms with Gasteiger partial charge in [-0.1, -0.05) is 73.6 Å². The topological polar surface area (TPSA) is 59.8 Å². The molecule has 7 heteroatoms. The molecule has 2 heterocycles. The number of nitrogens with one attached hydrogen (secondary N) is 1. The molecule has 4 aromatic rings. The predicted molar refractivity (Wildman–Crippen MR) is 142 cm³/mol. The first-order chi connectivity index (χ1) is 16.7. The minimum atomic E-state index is -0.0382. The molecule has 0 aliphatic carbocycles. The van der Waals surface area contributed by atoms with Gasteiger partial charge >= 0.3 is 0 Å². The summed E-state index contributed by atoms with van der Waals surface area (Å²) in [4.78, 5) is 13.9. The first-order valence-corrected chi connectivity index (χ1v) is 13.6. The lowest BCUT2D eigenvalue weighted by Crippen LogP contribution is -2.15. The van der Waals surface area contributed by atoms with Crippen molar-refractivity contribution in [1.82, 2.24) is 14.8 Å². The van der Waals surface area contributed by atoms with Crippen molar-refractivity contribution >= 4 is 34.7 Å². The molecule has 34 heavy (non-hydrogen) atoms. The van der Waals surface area contributed by atoms with Gasteiger partial charge in [0, 0.05) is 23.5 Å². The van der Waals surface area contributed by atoms with Crippen molar-refractivity contribution in [3.05, 3.63) is 93.9 Å². The van der Waals surface area contributed by atoms with E-state index in [4.69, 9.17) is 0 Å². The number of unbranched alkanes of at least 4 members (excludes halogenated alkanes) is 1. The van der Waals surface area contributed by atoms with Crippen LogP contribution in [0.15, 0.2) is 77.3 Å². The Morgan fingerprint density at radius 2 is 1.76 bits per heavy atom. The van der Waals surface area contributed by atoms with Crippen LogP contribution in [-0.4, -0.2) is 26.4 Å². The van der Waals surface area contributed by atoms with Crippen LogP contribution in [0.5, 0.6) is 0 Å². The third kappa shape index (κ3) is 7.05. The van der Waals surface area contributed by atoms with E-state index >= 15 is 0 Å². The number of thioether (sulfide) groups is 1. The Hall–Kier alpha value is -2.90. The highest BCUT2D eigenvalue weighted by atomic mass is 32.2. The summed E-state index contributed by atoms with van der Waals surface area (Å²) in [6, 6.07) is 22.7. The second-order valence-electron chi connectivity index (χ2n) is 8.18. The fraction of sp³-hybridized carbons (Fsp3) is 0.296. The third-order valence-corrected chi connectivity index (χ3v) is 7.41. The lowest BCUT2D eigenvalue weighted by Gasteiger charge is -2.10. The Morgan fingerprint density at radius 3 is 2.50 bits per heavy atom. The van der Waals surface area contributed by atoms with Crippen molar-refractivity contribution in [3.63, 3.8) is 0 Å². The highest BCUT2D eigenvalue weighted by Crippen LogP contribution is 2.22. The van der Waals surface area contributed by atoms with Gasteiger partial charge in [-0.25, -0.2) is 0 Å². The fourth-order valence-electron chi connectivity index (χ4n) is 3.70. The van der Waals surface area contributed by atoms with Crippen molar-refractivity contribution in [2.45, 2.75) is 50.7 Å². The molecule has 0 aliphatic rings. The molecule has 1 amide bonds. The van der Waals surface area contributed by atoms with Gasteiger partial charge in [0.2, 0.25) is 5.91 Å². The van der Waals surface area contributed by atoms with E-state index in [2.05, 4.69) is 80.9 Å². The molecule has 4 rings (SSSR count). The van der Waals surface area contributed by atoms with Gasteiger partial charge in [-0.3, -0.25) is 4.79 Å². The number of hydrogen-bond acceptors (Lipinski definition) is 5. The van der Waals surface area contributed by atoms with Gasteiger partial charge in [-0.05, 0) is 54.0 Å². The van der Waals surface area contributed by atoms with E-state index in [1.54, 1.807) is 11.3 Å². The van der Waals surface area contributed by atoms with Gasteiger partial charge in [-0.2, -0.15) is 0 Å². The molecule has 0 atom stereocenters. The van der Waals surface area contributed by atoms with Crippen molar-refractivity contribution in [2.75, 3.05) is 11.1 Å². The molecule has 0 saturated carbocycles. The Balaban J connectivity index is 1.38. The molecule has 0 spiro atoms. The lowest BCUT2D eigenvalue weighted by molar-refractivity contribution is -0.113. The number of carbonyl (C=O) groups excluding carboxylic acids is 1. The smallest absolute Gasteiger partial charge is 0.234 e. The van der Waals surface area contributed by atoms with Crippen LogP contribution in [0.2, 0.25) is 0 Å². The molecule has 0 fully saturated rings. The van der Waals surface area contributed by atoms with Crippen LogP contribution in [0.3, 0.4) is 0 Å². The summed E-state index contributed by atoms with van der Waals surface area (Å²) in [5, 5.41) is 14.8. The fourth-order valence-corrected chi connectivity index (χ4v) is 5.18. The molecule has 0 unspecified atom stereocenters. The highest BCUT2D eigenvalue weighted by molar-refractivity contribution is 7.99. The molecular weight excluding hydrogens is 460 g/mol. The zero-order valence-electron chi connectivity index (χ0n) is 19.4. The van der Waals surface area contributed by atoms with Crippen LogP contribution in [-0.2, 0) is 30.6 Å². The van der Waals surface area contributed by atoms with Crippen LogP contribution < -0.4 is 5.32 Å². The summed E-state index contributed by atoms with van der Waals surface area (Å²) >= 11 is 3.16. The van der Waals surface area contributed by atoms with Crippen LogP contribution >= 0.6 is 23.1 Å². The van der Waals surface area contributed by atoms with Crippen molar-refractivity contribution < 1.29 is 4.79 Å². The molecule has 5 nitrogen and oxygen atoms in total. The summed E-state index contributed by atoms with van der Waals surface area (Å²) in [5.41, 5.74) is 3.41. The normalized spacial score (nSPS) is 11.0.